The third kappa shape index (κ3) is 4.64. The van der Waals surface area contributed by atoms with Crippen LogP contribution in [0.1, 0.15) is 77.9 Å². The molecule has 2 aromatic carbocycles. The van der Waals surface area contributed by atoms with Gasteiger partial charge in [-0.3, -0.25) is 18.9 Å². The minimum absolute atomic E-state index is 0.175. The number of anilines is 1. The number of nitrogen functional groups attached to an aromatic ring is 1. The Morgan fingerprint density at radius 2 is 1.74 bits per heavy atom. The van der Waals surface area contributed by atoms with E-state index in [2.05, 4.69) is 16.3 Å². The molecule has 2 aromatic heterocycles. The summed E-state index contributed by atoms with van der Waals surface area (Å²) in [6.07, 6.45) is 9.43. The third-order valence-electron chi connectivity index (χ3n) is 8.02. The fourth-order valence-corrected chi connectivity index (χ4v) is 5.91. The van der Waals surface area contributed by atoms with Crippen LogP contribution in [0.25, 0.3) is 16.8 Å². The molecule has 3 heterocycles. The van der Waals surface area contributed by atoms with E-state index in [1.165, 1.54) is 4.90 Å². The van der Waals surface area contributed by atoms with E-state index in [4.69, 9.17) is 15.5 Å². The molecule has 4 aromatic rings. The zero-order valence-electron chi connectivity index (χ0n) is 22.2. The lowest BCUT2D eigenvalue weighted by molar-refractivity contribution is 0.0614. The summed E-state index contributed by atoms with van der Waals surface area (Å²) in [6, 6.07) is 15.1. The number of imidazole rings is 1. The van der Waals surface area contributed by atoms with E-state index in [9.17, 15) is 9.59 Å². The molecule has 0 bridgehead atoms. The van der Waals surface area contributed by atoms with Crippen molar-refractivity contribution in [3.63, 3.8) is 0 Å². The molecule has 1 fully saturated rings. The van der Waals surface area contributed by atoms with Crippen molar-refractivity contribution in [2.45, 2.75) is 51.4 Å². The highest BCUT2D eigenvalue weighted by atomic mass is 16.5. The average molecular weight is 524 g/mol. The molecule has 2 aliphatic rings. The number of fused-ring (bicyclic) bond motifs is 2. The second-order valence-electron chi connectivity index (χ2n) is 10.6. The summed E-state index contributed by atoms with van der Waals surface area (Å²) < 4.78 is 8.02. The van der Waals surface area contributed by atoms with Gasteiger partial charge in [-0.05, 0) is 62.3 Å². The highest BCUT2D eigenvalue weighted by Crippen LogP contribution is 2.39. The Morgan fingerprint density at radius 3 is 2.46 bits per heavy atom. The first-order chi connectivity index (χ1) is 19.0. The molecule has 1 aliphatic heterocycles. The summed E-state index contributed by atoms with van der Waals surface area (Å²) >= 11 is 0. The first-order valence-corrected chi connectivity index (χ1v) is 13.9. The Kier molecular flexibility index (Phi) is 6.77. The molecular formula is C31H33N5O3. The van der Waals surface area contributed by atoms with Gasteiger partial charge in [0.2, 0.25) is 0 Å². The molecule has 1 aliphatic carbocycles. The van der Waals surface area contributed by atoms with Crippen LogP contribution in [0.3, 0.4) is 0 Å². The first kappa shape index (κ1) is 25.1. The van der Waals surface area contributed by atoms with Crippen LogP contribution in [-0.2, 0) is 0 Å². The summed E-state index contributed by atoms with van der Waals surface area (Å²) in [5, 5.41) is 0. The molecule has 0 atom stereocenters. The molecule has 200 valence electrons. The van der Waals surface area contributed by atoms with Crippen LogP contribution in [0.5, 0.6) is 5.75 Å². The number of hydrogen-bond donors (Lipinski definition) is 1. The molecule has 8 heteroatoms. The number of aromatic nitrogens is 3. The molecule has 6 rings (SSSR count). The number of carbonyl (C=O) groups is 2. The number of carbonyl (C=O) groups excluding carboxylic acids is 2. The summed E-state index contributed by atoms with van der Waals surface area (Å²) in [4.78, 5) is 36.6. The Bertz CT molecular complexity index is 1500. The highest BCUT2D eigenvalue weighted by Gasteiger charge is 2.37. The van der Waals surface area contributed by atoms with Gasteiger partial charge in [-0.1, -0.05) is 37.6 Å². The molecule has 39 heavy (non-hydrogen) atoms. The third-order valence-corrected chi connectivity index (χ3v) is 8.02. The molecule has 0 saturated heterocycles. The van der Waals surface area contributed by atoms with Gasteiger partial charge >= 0.3 is 0 Å². The monoisotopic (exact) mass is 523 g/mol. The van der Waals surface area contributed by atoms with E-state index in [0.29, 0.717) is 30.1 Å². The molecule has 0 unspecified atom stereocenters. The van der Waals surface area contributed by atoms with Crippen molar-refractivity contribution in [2.24, 2.45) is 5.92 Å². The maximum Gasteiger partial charge on any atom is 0.261 e. The van der Waals surface area contributed by atoms with Crippen molar-refractivity contribution in [3.8, 4) is 17.0 Å². The van der Waals surface area contributed by atoms with Crippen molar-refractivity contribution in [1.82, 2.24) is 19.3 Å². The van der Waals surface area contributed by atoms with Gasteiger partial charge in [-0.25, -0.2) is 9.97 Å². The van der Waals surface area contributed by atoms with Gasteiger partial charge in [0.25, 0.3) is 11.8 Å². The maximum atomic E-state index is 12.8. The van der Waals surface area contributed by atoms with Gasteiger partial charge in [0.05, 0.1) is 17.7 Å². The SMILES string of the molecule is CCCCOc1cccc(-c2nc([C@H]3CC[C@@H](CN4C(=O)c5ccccc5C4=O)CC3)n3ccnc(N)c23)c1. The fourth-order valence-electron chi connectivity index (χ4n) is 5.91. The van der Waals surface area contributed by atoms with E-state index in [0.717, 1.165) is 66.9 Å². The largest absolute Gasteiger partial charge is 0.494 e. The predicted molar refractivity (Wildman–Crippen MR) is 150 cm³/mol. The van der Waals surface area contributed by atoms with Gasteiger partial charge in [0.1, 0.15) is 28.6 Å². The predicted octanol–water partition coefficient (Wildman–Crippen LogP) is 5.73. The molecule has 0 radical (unpaired) electrons. The van der Waals surface area contributed by atoms with Gasteiger partial charge in [0, 0.05) is 30.4 Å². The number of rotatable bonds is 8. The molecule has 8 nitrogen and oxygen atoms in total. The fraction of sp³-hybridized carbons (Fsp3) is 0.355. The van der Waals surface area contributed by atoms with Crippen LogP contribution in [0.4, 0.5) is 5.82 Å². The minimum Gasteiger partial charge on any atom is -0.494 e. The van der Waals surface area contributed by atoms with Crippen molar-refractivity contribution in [1.29, 1.82) is 0 Å². The number of nitrogens with two attached hydrogens (primary N) is 1. The molecule has 2 N–H and O–H groups in total. The van der Waals surface area contributed by atoms with Crippen LogP contribution in [-0.4, -0.2) is 44.2 Å². The van der Waals surface area contributed by atoms with Crippen LogP contribution in [0.2, 0.25) is 0 Å². The second kappa shape index (κ2) is 10.5. The van der Waals surface area contributed by atoms with E-state index in [1.807, 2.05) is 30.5 Å². The number of nitrogens with zero attached hydrogens (tertiary/aromatic N) is 4. The number of amides is 2. The lowest BCUT2D eigenvalue weighted by Crippen LogP contribution is -2.35. The normalized spacial score (nSPS) is 19.1. The topological polar surface area (TPSA) is 103 Å². The van der Waals surface area contributed by atoms with E-state index in [1.54, 1.807) is 30.5 Å². The Labute approximate surface area is 227 Å². The number of benzene rings is 2. The van der Waals surface area contributed by atoms with E-state index in [-0.39, 0.29) is 23.7 Å². The van der Waals surface area contributed by atoms with Crippen LogP contribution in [0.15, 0.2) is 60.9 Å². The zero-order valence-corrected chi connectivity index (χ0v) is 22.2. The van der Waals surface area contributed by atoms with Gasteiger partial charge in [-0.15, -0.1) is 0 Å². The van der Waals surface area contributed by atoms with Crippen molar-refractivity contribution in [2.75, 3.05) is 18.9 Å². The van der Waals surface area contributed by atoms with Crippen molar-refractivity contribution in [3.05, 3.63) is 77.9 Å². The van der Waals surface area contributed by atoms with Gasteiger partial charge in [0.15, 0.2) is 0 Å². The van der Waals surface area contributed by atoms with E-state index < -0.39 is 0 Å². The van der Waals surface area contributed by atoms with Crippen LogP contribution < -0.4 is 10.5 Å². The minimum atomic E-state index is -0.175. The number of unbranched alkanes of at least 4 members (excludes halogenated alkanes) is 1. The van der Waals surface area contributed by atoms with Crippen molar-refractivity contribution >= 4 is 23.1 Å². The second-order valence-corrected chi connectivity index (χ2v) is 10.6. The Balaban J connectivity index is 1.21. The Hall–Kier alpha value is -4.20. The van der Waals surface area contributed by atoms with Crippen LogP contribution in [0, 0.1) is 5.92 Å². The van der Waals surface area contributed by atoms with Gasteiger partial charge in [-0.2, -0.15) is 0 Å². The zero-order chi connectivity index (χ0) is 26.9. The Morgan fingerprint density at radius 1 is 1.00 bits per heavy atom. The summed E-state index contributed by atoms with van der Waals surface area (Å²) in [7, 11) is 0. The summed E-state index contributed by atoms with van der Waals surface area (Å²) in [6.45, 7) is 3.30. The molecular weight excluding hydrogens is 490 g/mol. The van der Waals surface area contributed by atoms with E-state index >= 15 is 0 Å². The van der Waals surface area contributed by atoms with Crippen LogP contribution >= 0.6 is 0 Å². The molecule has 1 saturated carbocycles. The summed E-state index contributed by atoms with van der Waals surface area (Å²) in [5.74, 6) is 2.41. The van der Waals surface area contributed by atoms with Crippen molar-refractivity contribution < 1.29 is 14.3 Å². The quantitative estimate of drug-likeness (QED) is 0.234. The van der Waals surface area contributed by atoms with Gasteiger partial charge < -0.3 is 10.5 Å². The molecule has 0 spiro atoms. The highest BCUT2D eigenvalue weighted by molar-refractivity contribution is 6.21. The molecule has 2 amide bonds. The average Bonchev–Trinajstić information content (AvgIpc) is 3.47. The lowest BCUT2D eigenvalue weighted by Gasteiger charge is -2.30. The summed E-state index contributed by atoms with van der Waals surface area (Å²) in [5.41, 5.74) is 9.97. The number of ether oxygens (including phenoxy) is 1. The maximum absolute atomic E-state index is 12.8. The standard InChI is InChI=1S/C31H33N5O3/c1-2-3-17-39-23-8-6-7-22(18-23)26-27-28(32)33-15-16-35(27)29(34-26)21-13-11-20(12-14-21)19-36-30(37)24-9-4-5-10-25(24)31(36)38/h4-10,15-16,18,20-21H,2-3,11-14,17,19H2,1H3,(H2,32,33)/t20-,21+. The lowest BCUT2D eigenvalue weighted by atomic mass is 9.81. The smallest absolute Gasteiger partial charge is 0.261 e. The number of imide groups is 1. The number of hydrogen-bond acceptors (Lipinski definition) is 6. The first-order valence-electron chi connectivity index (χ1n) is 13.9.